The average Bonchev–Trinajstić information content (AvgIpc) is 3.11. The van der Waals surface area contributed by atoms with Gasteiger partial charge in [0.05, 0.1) is 4.88 Å². The molecule has 0 aliphatic carbocycles. The zero-order valence-corrected chi connectivity index (χ0v) is 10.6. The molecule has 0 bridgehead atoms. The number of carbonyl (C=O) groups is 1. The fourth-order valence-corrected chi connectivity index (χ4v) is 2.94. The smallest absolute Gasteiger partial charge is 0.277 e. The molecule has 1 amide bonds. The van der Waals surface area contributed by atoms with Crippen LogP contribution in [-0.2, 0) is 0 Å². The molecule has 3 rings (SSSR count). The van der Waals surface area contributed by atoms with Crippen molar-refractivity contribution in [1.82, 2.24) is 20.2 Å². The van der Waals surface area contributed by atoms with Gasteiger partial charge in [0.15, 0.2) is 0 Å². The Morgan fingerprint density at radius 1 is 1.39 bits per heavy atom. The number of carbonyl (C=O) groups excluding carboxylic acids is 1. The zero-order chi connectivity index (χ0) is 12.4. The highest BCUT2D eigenvalue weighted by molar-refractivity contribution is 7.20. The van der Waals surface area contributed by atoms with Crippen molar-refractivity contribution in [3.63, 3.8) is 0 Å². The largest absolute Gasteiger partial charge is 0.289 e. The second-order valence-electron chi connectivity index (χ2n) is 3.30. The molecule has 0 aliphatic rings. The lowest BCUT2D eigenvalue weighted by molar-refractivity contribution is 0.102. The maximum absolute atomic E-state index is 11.8. The van der Waals surface area contributed by atoms with Crippen molar-refractivity contribution in [3.05, 3.63) is 34.9 Å². The van der Waals surface area contributed by atoms with Crippen LogP contribution in [0.2, 0.25) is 0 Å². The van der Waals surface area contributed by atoms with Gasteiger partial charge in [-0.15, -0.1) is 22.7 Å². The third kappa shape index (κ3) is 2.15. The minimum absolute atomic E-state index is 0.300. The van der Waals surface area contributed by atoms with Gasteiger partial charge in [0.2, 0.25) is 5.95 Å². The molecule has 0 fully saturated rings. The molecule has 0 saturated heterocycles. The summed E-state index contributed by atoms with van der Waals surface area (Å²) >= 11 is 3.03. The third-order valence-electron chi connectivity index (χ3n) is 2.12. The topological polar surface area (TPSA) is 83.6 Å². The highest BCUT2D eigenvalue weighted by atomic mass is 32.1. The Balaban J connectivity index is 1.79. The minimum Gasteiger partial charge on any atom is -0.289 e. The number of aromatic amines is 1. The molecule has 0 aliphatic heterocycles. The summed E-state index contributed by atoms with van der Waals surface area (Å²) in [5, 5.41) is 13.3. The van der Waals surface area contributed by atoms with Crippen LogP contribution in [-0.4, -0.2) is 26.1 Å². The maximum atomic E-state index is 11.8. The van der Waals surface area contributed by atoms with E-state index in [4.69, 9.17) is 0 Å². The number of anilines is 1. The first kappa shape index (κ1) is 11.1. The lowest BCUT2D eigenvalue weighted by Crippen LogP contribution is -2.13. The number of amides is 1. The monoisotopic (exact) mass is 277 g/mol. The molecule has 0 unspecified atom stereocenters. The predicted molar refractivity (Wildman–Crippen MR) is 69.8 cm³/mol. The Morgan fingerprint density at radius 3 is 3.06 bits per heavy atom. The maximum Gasteiger partial charge on any atom is 0.277 e. The van der Waals surface area contributed by atoms with Crippen molar-refractivity contribution in [3.8, 4) is 9.88 Å². The van der Waals surface area contributed by atoms with Gasteiger partial charge in [-0.25, -0.2) is 10.1 Å². The normalized spacial score (nSPS) is 10.4. The molecule has 3 aromatic heterocycles. The van der Waals surface area contributed by atoms with Gasteiger partial charge >= 0.3 is 0 Å². The molecule has 0 atom stereocenters. The number of hydrogen-bond donors (Lipinski definition) is 2. The Kier molecular flexibility index (Phi) is 2.87. The van der Waals surface area contributed by atoms with Crippen molar-refractivity contribution in [2.24, 2.45) is 0 Å². The number of hydrogen-bond acceptors (Lipinski definition) is 6. The fraction of sp³-hybridized carbons (Fsp3) is 0. The van der Waals surface area contributed by atoms with Gasteiger partial charge in [0.25, 0.3) is 5.91 Å². The molecule has 0 aromatic carbocycles. The van der Waals surface area contributed by atoms with Gasteiger partial charge < -0.3 is 0 Å². The van der Waals surface area contributed by atoms with Gasteiger partial charge in [0, 0.05) is 5.38 Å². The number of nitrogens with one attached hydrogen (secondary N) is 2. The first-order valence-electron chi connectivity index (χ1n) is 4.99. The first-order chi connectivity index (χ1) is 8.83. The van der Waals surface area contributed by atoms with E-state index < -0.39 is 0 Å². The fourth-order valence-electron chi connectivity index (χ4n) is 1.33. The van der Waals surface area contributed by atoms with E-state index >= 15 is 0 Å². The van der Waals surface area contributed by atoms with E-state index in [1.165, 1.54) is 17.7 Å². The molecule has 2 N–H and O–H groups in total. The van der Waals surface area contributed by atoms with E-state index in [1.54, 1.807) is 16.7 Å². The van der Waals surface area contributed by atoms with Crippen LogP contribution in [0.4, 0.5) is 5.95 Å². The number of H-pyrrole nitrogens is 1. The number of thiophene rings is 1. The molecular weight excluding hydrogens is 270 g/mol. The van der Waals surface area contributed by atoms with E-state index in [9.17, 15) is 4.79 Å². The Morgan fingerprint density at radius 2 is 2.33 bits per heavy atom. The van der Waals surface area contributed by atoms with Gasteiger partial charge in [-0.05, 0) is 11.4 Å². The first-order valence-corrected chi connectivity index (χ1v) is 6.75. The van der Waals surface area contributed by atoms with Crippen LogP contribution < -0.4 is 5.32 Å². The summed E-state index contributed by atoms with van der Waals surface area (Å²) in [5.74, 6) is 0.0106. The van der Waals surface area contributed by atoms with E-state index in [0.717, 1.165) is 9.88 Å². The van der Waals surface area contributed by atoms with Crippen molar-refractivity contribution in [2.75, 3.05) is 5.32 Å². The standard InChI is InChI=1S/C10H7N5OS2/c16-8(14-10-11-5-12-15-10)6-4-18-9(13-6)7-2-1-3-17-7/h1-5H,(H2,11,12,14,15,16). The van der Waals surface area contributed by atoms with Crippen LogP contribution in [0.5, 0.6) is 0 Å². The summed E-state index contributed by atoms with van der Waals surface area (Å²) in [4.78, 5) is 21.0. The van der Waals surface area contributed by atoms with E-state index in [1.807, 2.05) is 17.5 Å². The second kappa shape index (κ2) is 4.67. The zero-order valence-electron chi connectivity index (χ0n) is 8.95. The molecule has 0 radical (unpaired) electrons. The summed E-state index contributed by atoms with van der Waals surface area (Å²) in [6.45, 7) is 0. The van der Waals surface area contributed by atoms with Crippen molar-refractivity contribution in [1.29, 1.82) is 0 Å². The Hall–Kier alpha value is -2.06. The van der Waals surface area contributed by atoms with Crippen LogP contribution in [0.1, 0.15) is 10.5 Å². The minimum atomic E-state index is -0.300. The van der Waals surface area contributed by atoms with E-state index in [2.05, 4.69) is 25.5 Å². The number of aromatic nitrogens is 4. The van der Waals surface area contributed by atoms with Crippen LogP contribution in [0.3, 0.4) is 0 Å². The van der Waals surface area contributed by atoms with Crippen LogP contribution in [0, 0.1) is 0 Å². The summed E-state index contributed by atoms with van der Waals surface area (Å²) in [6, 6.07) is 3.93. The molecular formula is C10H7N5OS2. The van der Waals surface area contributed by atoms with Gasteiger partial charge in [-0.2, -0.15) is 10.1 Å². The van der Waals surface area contributed by atoms with Crippen molar-refractivity contribution < 1.29 is 4.79 Å². The third-order valence-corrected chi connectivity index (χ3v) is 4.00. The molecule has 3 heterocycles. The Bertz CT molecular complexity index is 644. The summed E-state index contributed by atoms with van der Waals surface area (Å²) in [6.07, 6.45) is 1.33. The van der Waals surface area contributed by atoms with Gasteiger partial charge in [0.1, 0.15) is 17.0 Å². The molecule has 8 heteroatoms. The van der Waals surface area contributed by atoms with E-state index in [-0.39, 0.29) is 5.91 Å². The van der Waals surface area contributed by atoms with Crippen LogP contribution in [0.15, 0.2) is 29.2 Å². The summed E-state index contributed by atoms with van der Waals surface area (Å²) in [7, 11) is 0. The molecule has 6 nitrogen and oxygen atoms in total. The van der Waals surface area contributed by atoms with Gasteiger partial charge in [-0.3, -0.25) is 10.1 Å². The predicted octanol–water partition coefficient (Wildman–Crippen LogP) is 2.24. The molecule has 90 valence electrons. The number of rotatable bonds is 3. The highest BCUT2D eigenvalue weighted by Crippen LogP contribution is 2.27. The average molecular weight is 277 g/mol. The van der Waals surface area contributed by atoms with E-state index in [0.29, 0.717) is 11.6 Å². The summed E-state index contributed by atoms with van der Waals surface area (Å²) in [5.41, 5.74) is 0.375. The lowest BCUT2D eigenvalue weighted by atomic mass is 10.4. The van der Waals surface area contributed by atoms with Crippen molar-refractivity contribution in [2.45, 2.75) is 0 Å². The SMILES string of the molecule is O=C(Nc1ncn[nH]1)c1csc(-c2cccs2)n1. The number of thiazole rings is 1. The van der Waals surface area contributed by atoms with Crippen LogP contribution in [0.25, 0.3) is 9.88 Å². The van der Waals surface area contributed by atoms with Crippen molar-refractivity contribution >= 4 is 34.5 Å². The molecule has 0 saturated carbocycles. The molecule has 18 heavy (non-hydrogen) atoms. The molecule has 0 spiro atoms. The quantitative estimate of drug-likeness (QED) is 0.769. The van der Waals surface area contributed by atoms with Gasteiger partial charge in [-0.1, -0.05) is 6.07 Å². The van der Waals surface area contributed by atoms with Crippen LogP contribution >= 0.6 is 22.7 Å². The summed E-state index contributed by atoms with van der Waals surface area (Å²) < 4.78 is 0. The Labute approximate surface area is 110 Å². The molecule has 3 aromatic rings. The highest BCUT2D eigenvalue weighted by Gasteiger charge is 2.13. The lowest BCUT2D eigenvalue weighted by Gasteiger charge is -1.96. The second-order valence-corrected chi connectivity index (χ2v) is 5.11. The number of nitrogens with zero attached hydrogens (tertiary/aromatic N) is 3.